The molecule has 2 heterocycles. The van der Waals surface area contributed by atoms with Gasteiger partial charge in [0.2, 0.25) is 0 Å². The maximum absolute atomic E-state index is 5.42. The number of rotatable bonds is 2. The van der Waals surface area contributed by atoms with Crippen molar-refractivity contribution in [3.05, 3.63) is 54.7 Å². The number of aromatic nitrogens is 2. The summed E-state index contributed by atoms with van der Waals surface area (Å²) < 4.78 is 5.42. The highest BCUT2D eigenvalue weighted by atomic mass is 16.5. The summed E-state index contributed by atoms with van der Waals surface area (Å²) in [5.74, 6) is 0.821. The molecule has 0 saturated heterocycles. The standard InChI is InChI=1S/C15H12N2O/c1-18-15-10-14(13-8-4-5-9-16-13)17-12-7-3-2-6-11(12)15/h2-10H,1H3. The van der Waals surface area contributed by atoms with Crippen LogP contribution in [0.15, 0.2) is 54.7 Å². The van der Waals surface area contributed by atoms with E-state index in [9.17, 15) is 0 Å². The summed E-state index contributed by atoms with van der Waals surface area (Å²) in [7, 11) is 1.67. The van der Waals surface area contributed by atoms with Crippen LogP contribution in [0.3, 0.4) is 0 Å². The largest absolute Gasteiger partial charge is 0.496 e. The van der Waals surface area contributed by atoms with Gasteiger partial charge in [0.25, 0.3) is 0 Å². The van der Waals surface area contributed by atoms with Crippen molar-refractivity contribution < 1.29 is 4.74 Å². The van der Waals surface area contributed by atoms with E-state index >= 15 is 0 Å². The van der Waals surface area contributed by atoms with Crippen LogP contribution in [-0.4, -0.2) is 17.1 Å². The summed E-state index contributed by atoms with van der Waals surface area (Å²) in [5, 5.41) is 1.01. The number of benzene rings is 1. The van der Waals surface area contributed by atoms with Gasteiger partial charge in [-0.3, -0.25) is 4.98 Å². The van der Waals surface area contributed by atoms with E-state index in [2.05, 4.69) is 9.97 Å². The monoisotopic (exact) mass is 236 g/mol. The molecule has 0 atom stereocenters. The van der Waals surface area contributed by atoms with E-state index in [1.165, 1.54) is 0 Å². The molecule has 3 rings (SSSR count). The number of methoxy groups -OCH3 is 1. The third kappa shape index (κ3) is 1.80. The highest BCUT2D eigenvalue weighted by molar-refractivity contribution is 5.87. The molecule has 0 aliphatic rings. The van der Waals surface area contributed by atoms with Crippen LogP contribution in [0.5, 0.6) is 5.75 Å². The summed E-state index contributed by atoms with van der Waals surface area (Å²) in [6.07, 6.45) is 1.76. The van der Waals surface area contributed by atoms with Crippen molar-refractivity contribution in [2.24, 2.45) is 0 Å². The van der Waals surface area contributed by atoms with Crippen LogP contribution in [0.2, 0.25) is 0 Å². The van der Waals surface area contributed by atoms with Crippen molar-refractivity contribution in [2.75, 3.05) is 7.11 Å². The molecule has 3 heteroatoms. The molecule has 0 unspecified atom stereocenters. The zero-order valence-corrected chi connectivity index (χ0v) is 10.00. The van der Waals surface area contributed by atoms with Crippen LogP contribution in [0, 0.1) is 0 Å². The number of ether oxygens (including phenoxy) is 1. The highest BCUT2D eigenvalue weighted by Gasteiger charge is 2.07. The normalized spacial score (nSPS) is 10.5. The number of pyridine rings is 2. The molecule has 3 nitrogen and oxygen atoms in total. The van der Waals surface area contributed by atoms with Crippen molar-refractivity contribution >= 4 is 10.9 Å². The number of nitrogens with zero attached hydrogens (tertiary/aromatic N) is 2. The van der Waals surface area contributed by atoms with Gasteiger partial charge < -0.3 is 4.74 Å². The molecule has 0 N–H and O–H groups in total. The van der Waals surface area contributed by atoms with Gasteiger partial charge in [-0.25, -0.2) is 4.98 Å². The number of hydrogen-bond donors (Lipinski definition) is 0. The first kappa shape index (κ1) is 10.7. The van der Waals surface area contributed by atoms with E-state index in [1.807, 2.05) is 48.5 Å². The fourth-order valence-corrected chi connectivity index (χ4v) is 1.96. The first-order chi connectivity index (χ1) is 8.88. The maximum atomic E-state index is 5.42. The maximum Gasteiger partial charge on any atom is 0.130 e. The minimum atomic E-state index is 0.821. The van der Waals surface area contributed by atoms with Crippen LogP contribution in [-0.2, 0) is 0 Å². The second-order valence-electron chi connectivity index (χ2n) is 3.94. The van der Waals surface area contributed by atoms with Crippen molar-refractivity contribution in [2.45, 2.75) is 0 Å². The molecule has 88 valence electrons. The zero-order chi connectivity index (χ0) is 12.4. The van der Waals surface area contributed by atoms with Gasteiger partial charge in [0, 0.05) is 17.6 Å². The second kappa shape index (κ2) is 4.45. The molecular formula is C15H12N2O. The molecule has 0 aliphatic heterocycles. The van der Waals surface area contributed by atoms with Crippen LogP contribution < -0.4 is 4.74 Å². The Balaban J connectivity index is 2.26. The Kier molecular flexibility index (Phi) is 2.65. The first-order valence-electron chi connectivity index (χ1n) is 5.73. The van der Waals surface area contributed by atoms with E-state index in [4.69, 9.17) is 4.74 Å². The predicted octanol–water partition coefficient (Wildman–Crippen LogP) is 3.31. The molecule has 3 aromatic rings. The van der Waals surface area contributed by atoms with E-state index in [0.29, 0.717) is 0 Å². The molecule has 0 bridgehead atoms. The molecule has 18 heavy (non-hydrogen) atoms. The van der Waals surface area contributed by atoms with Gasteiger partial charge in [-0.2, -0.15) is 0 Å². The lowest BCUT2D eigenvalue weighted by molar-refractivity contribution is 0.419. The van der Waals surface area contributed by atoms with Crippen molar-refractivity contribution in [3.8, 4) is 17.1 Å². The fraction of sp³-hybridized carbons (Fsp3) is 0.0667. The summed E-state index contributed by atoms with van der Waals surface area (Å²) in [5.41, 5.74) is 2.59. The van der Waals surface area contributed by atoms with Crippen LogP contribution >= 0.6 is 0 Å². The smallest absolute Gasteiger partial charge is 0.130 e. The molecule has 0 saturated carbocycles. The quantitative estimate of drug-likeness (QED) is 0.684. The van der Waals surface area contributed by atoms with Crippen molar-refractivity contribution in [1.29, 1.82) is 0 Å². The molecule has 0 aliphatic carbocycles. The fourth-order valence-electron chi connectivity index (χ4n) is 1.96. The number of hydrogen-bond acceptors (Lipinski definition) is 3. The Morgan fingerprint density at radius 2 is 1.78 bits per heavy atom. The zero-order valence-electron chi connectivity index (χ0n) is 10.00. The molecular weight excluding hydrogens is 224 g/mol. The van der Waals surface area contributed by atoms with Gasteiger partial charge in [-0.1, -0.05) is 18.2 Å². The summed E-state index contributed by atoms with van der Waals surface area (Å²) in [4.78, 5) is 8.92. The van der Waals surface area contributed by atoms with Gasteiger partial charge in [0.05, 0.1) is 24.0 Å². The highest BCUT2D eigenvalue weighted by Crippen LogP contribution is 2.28. The van der Waals surface area contributed by atoms with Gasteiger partial charge in [0.15, 0.2) is 0 Å². The Hall–Kier alpha value is -2.42. The summed E-state index contributed by atoms with van der Waals surface area (Å²) >= 11 is 0. The number of para-hydroxylation sites is 1. The number of fused-ring (bicyclic) bond motifs is 1. The molecule has 0 spiro atoms. The minimum absolute atomic E-state index is 0.821. The lowest BCUT2D eigenvalue weighted by Crippen LogP contribution is -1.92. The average Bonchev–Trinajstić information content (AvgIpc) is 2.47. The molecule has 0 radical (unpaired) electrons. The van der Waals surface area contributed by atoms with Crippen molar-refractivity contribution in [1.82, 2.24) is 9.97 Å². The van der Waals surface area contributed by atoms with E-state index in [1.54, 1.807) is 13.3 Å². The second-order valence-corrected chi connectivity index (χ2v) is 3.94. The van der Waals surface area contributed by atoms with Crippen LogP contribution in [0.4, 0.5) is 0 Å². The minimum Gasteiger partial charge on any atom is -0.496 e. The average molecular weight is 236 g/mol. The Morgan fingerprint density at radius 1 is 0.944 bits per heavy atom. The van der Waals surface area contributed by atoms with E-state index in [0.717, 1.165) is 28.0 Å². The van der Waals surface area contributed by atoms with Gasteiger partial charge in [-0.15, -0.1) is 0 Å². The first-order valence-corrected chi connectivity index (χ1v) is 5.73. The molecule has 1 aromatic carbocycles. The molecule has 0 amide bonds. The lowest BCUT2D eigenvalue weighted by Gasteiger charge is -2.07. The third-order valence-corrected chi connectivity index (χ3v) is 2.83. The SMILES string of the molecule is COc1cc(-c2ccccn2)nc2ccccc12. The molecule has 2 aromatic heterocycles. The van der Waals surface area contributed by atoms with Gasteiger partial charge in [-0.05, 0) is 24.3 Å². The van der Waals surface area contributed by atoms with Crippen molar-refractivity contribution in [3.63, 3.8) is 0 Å². The Morgan fingerprint density at radius 3 is 2.56 bits per heavy atom. The van der Waals surface area contributed by atoms with Gasteiger partial charge in [0.1, 0.15) is 5.75 Å². The topological polar surface area (TPSA) is 35.0 Å². The predicted molar refractivity (Wildman–Crippen MR) is 71.5 cm³/mol. The van der Waals surface area contributed by atoms with E-state index in [-0.39, 0.29) is 0 Å². The van der Waals surface area contributed by atoms with Crippen LogP contribution in [0.25, 0.3) is 22.3 Å². The Bertz CT molecular complexity index is 680. The lowest BCUT2D eigenvalue weighted by atomic mass is 10.1. The summed E-state index contributed by atoms with van der Waals surface area (Å²) in [6.45, 7) is 0. The third-order valence-electron chi connectivity index (χ3n) is 2.83. The van der Waals surface area contributed by atoms with E-state index < -0.39 is 0 Å². The summed E-state index contributed by atoms with van der Waals surface area (Å²) in [6, 6.07) is 15.6. The Labute approximate surface area is 105 Å². The van der Waals surface area contributed by atoms with Gasteiger partial charge >= 0.3 is 0 Å². The van der Waals surface area contributed by atoms with Crippen LogP contribution in [0.1, 0.15) is 0 Å². The molecule has 0 fully saturated rings.